The highest BCUT2D eigenvalue weighted by Gasteiger charge is 2.26. The molecule has 170 valence electrons. The molecule has 1 fully saturated rings. The van der Waals surface area contributed by atoms with Crippen LogP contribution in [0.25, 0.3) is 0 Å². The van der Waals surface area contributed by atoms with Crippen LogP contribution >= 0.6 is 24.0 Å². The molecule has 2 N–H and O–H groups in total. The highest BCUT2D eigenvalue weighted by Crippen LogP contribution is 2.18. The summed E-state index contributed by atoms with van der Waals surface area (Å²) in [6, 6.07) is 9.04. The van der Waals surface area contributed by atoms with Gasteiger partial charge in [0.05, 0.1) is 0 Å². The second-order valence-electron chi connectivity index (χ2n) is 8.29. The molecule has 6 heteroatoms. The second-order valence-corrected chi connectivity index (χ2v) is 8.29. The number of aliphatic imine (C=N–C) groups is 1. The molecule has 0 spiro atoms. The molecule has 0 saturated carbocycles. The Bertz CT molecular complexity index is 667. The van der Waals surface area contributed by atoms with Crippen molar-refractivity contribution in [2.45, 2.75) is 72.3 Å². The van der Waals surface area contributed by atoms with Crippen LogP contribution in [0.5, 0.6) is 0 Å². The first-order valence-corrected chi connectivity index (χ1v) is 11.4. The van der Waals surface area contributed by atoms with E-state index in [1.807, 2.05) is 0 Å². The Labute approximate surface area is 200 Å². The molecule has 0 aliphatic carbocycles. The number of carbonyl (C=O) groups is 1. The molecule has 1 saturated heterocycles. The van der Waals surface area contributed by atoms with Crippen molar-refractivity contribution < 1.29 is 4.79 Å². The van der Waals surface area contributed by atoms with Crippen LogP contribution in [0.2, 0.25) is 0 Å². The van der Waals surface area contributed by atoms with Gasteiger partial charge in [0.1, 0.15) is 0 Å². The predicted octanol–water partition coefficient (Wildman–Crippen LogP) is 4.70. The number of nitrogens with one attached hydrogen (secondary N) is 2. The van der Waals surface area contributed by atoms with Crippen LogP contribution in [0.1, 0.15) is 70.4 Å². The highest BCUT2D eigenvalue weighted by atomic mass is 127. The van der Waals surface area contributed by atoms with Gasteiger partial charge in [0.25, 0.3) is 0 Å². The summed E-state index contributed by atoms with van der Waals surface area (Å²) in [6.45, 7) is 13.9. The van der Waals surface area contributed by atoms with E-state index < -0.39 is 0 Å². The molecule has 5 nitrogen and oxygen atoms in total. The molecular formula is C24H41IN4O. The molecule has 1 atom stereocenters. The zero-order valence-corrected chi connectivity index (χ0v) is 21.7. The van der Waals surface area contributed by atoms with Crippen LogP contribution in [-0.4, -0.2) is 49.0 Å². The van der Waals surface area contributed by atoms with Crippen molar-refractivity contribution in [2.24, 2.45) is 10.9 Å². The van der Waals surface area contributed by atoms with Gasteiger partial charge in [0, 0.05) is 44.1 Å². The topological polar surface area (TPSA) is 56.7 Å². The number of rotatable bonds is 8. The van der Waals surface area contributed by atoms with Gasteiger partial charge >= 0.3 is 0 Å². The molecule has 0 bridgehead atoms. The zero-order valence-electron chi connectivity index (χ0n) is 19.4. The fourth-order valence-electron chi connectivity index (χ4n) is 3.96. The summed E-state index contributed by atoms with van der Waals surface area (Å²) in [7, 11) is 0. The van der Waals surface area contributed by atoms with Crippen molar-refractivity contribution in [1.29, 1.82) is 0 Å². The average Bonchev–Trinajstić information content (AvgIpc) is 2.73. The minimum Gasteiger partial charge on any atom is -0.357 e. The number of halogens is 1. The van der Waals surface area contributed by atoms with E-state index in [0.29, 0.717) is 17.9 Å². The molecule has 0 aromatic heterocycles. The normalized spacial score (nSPS) is 16.2. The van der Waals surface area contributed by atoms with Crippen LogP contribution in [0.4, 0.5) is 0 Å². The third-order valence-corrected chi connectivity index (χ3v) is 5.96. The van der Waals surface area contributed by atoms with Gasteiger partial charge in [0.2, 0.25) is 5.91 Å². The molecule has 2 rings (SSSR count). The standard InChI is InChI=1S/C24H40N4O.HI/c1-6-20(7-2)23(29)28-14-12-22(13-15-28)27-24(25-8-3)26-17-19(5)21-11-9-10-18(4)16-21;/h9-11,16,19-20,22H,6-8,12-15,17H2,1-5H3,(H2,25,26,27);1H. The van der Waals surface area contributed by atoms with Crippen LogP contribution in [0.15, 0.2) is 29.3 Å². The Kier molecular flexibility index (Phi) is 12.4. The van der Waals surface area contributed by atoms with Crippen molar-refractivity contribution in [3.63, 3.8) is 0 Å². The van der Waals surface area contributed by atoms with E-state index in [9.17, 15) is 4.79 Å². The Morgan fingerprint density at radius 1 is 1.20 bits per heavy atom. The fraction of sp³-hybridized carbons (Fsp3) is 0.667. The summed E-state index contributed by atoms with van der Waals surface area (Å²) in [5, 5.41) is 6.97. The third kappa shape index (κ3) is 8.08. The first kappa shape index (κ1) is 26.7. The highest BCUT2D eigenvalue weighted by molar-refractivity contribution is 14.0. The summed E-state index contributed by atoms with van der Waals surface area (Å²) in [4.78, 5) is 19.5. The van der Waals surface area contributed by atoms with Crippen LogP contribution in [0, 0.1) is 12.8 Å². The molecule has 1 amide bonds. The molecule has 1 aromatic rings. The van der Waals surface area contributed by atoms with E-state index in [1.165, 1.54) is 11.1 Å². The summed E-state index contributed by atoms with van der Waals surface area (Å²) in [5.41, 5.74) is 2.62. The molecule has 1 aliphatic heterocycles. The van der Waals surface area contributed by atoms with Gasteiger partial charge in [-0.2, -0.15) is 0 Å². The van der Waals surface area contributed by atoms with Crippen molar-refractivity contribution in [3.8, 4) is 0 Å². The van der Waals surface area contributed by atoms with Crippen LogP contribution in [0.3, 0.4) is 0 Å². The Morgan fingerprint density at radius 3 is 2.43 bits per heavy atom. The van der Waals surface area contributed by atoms with Crippen molar-refractivity contribution in [3.05, 3.63) is 35.4 Å². The Morgan fingerprint density at radius 2 is 1.87 bits per heavy atom. The van der Waals surface area contributed by atoms with Crippen molar-refractivity contribution in [1.82, 2.24) is 15.5 Å². The van der Waals surface area contributed by atoms with Gasteiger partial charge in [-0.05, 0) is 45.1 Å². The van der Waals surface area contributed by atoms with E-state index in [-0.39, 0.29) is 29.9 Å². The van der Waals surface area contributed by atoms with Gasteiger partial charge in [-0.15, -0.1) is 24.0 Å². The average molecular weight is 529 g/mol. The number of carbonyl (C=O) groups excluding carboxylic acids is 1. The summed E-state index contributed by atoms with van der Waals surface area (Å²) in [5.74, 6) is 1.78. The van der Waals surface area contributed by atoms with E-state index in [4.69, 9.17) is 4.99 Å². The molecule has 0 radical (unpaired) electrons. The quantitative estimate of drug-likeness (QED) is 0.292. The monoisotopic (exact) mass is 528 g/mol. The SMILES string of the molecule is CCNC(=NCC(C)c1cccc(C)c1)NC1CCN(C(=O)C(CC)CC)CC1.I. The maximum atomic E-state index is 12.6. The van der Waals surface area contributed by atoms with Crippen molar-refractivity contribution >= 4 is 35.8 Å². The van der Waals surface area contributed by atoms with E-state index in [0.717, 1.165) is 57.8 Å². The Hall–Kier alpha value is -1.31. The smallest absolute Gasteiger partial charge is 0.225 e. The largest absolute Gasteiger partial charge is 0.357 e. The fourth-order valence-corrected chi connectivity index (χ4v) is 3.96. The minimum absolute atomic E-state index is 0. The summed E-state index contributed by atoms with van der Waals surface area (Å²) >= 11 is 0. The van der Waals surface area contributed by atoms with Crippen molar-refractivity contribution in [2.75, 3.05) is 26.2 Å². The lowest BCUT2D eigenvalue weighted by molar-refractivity contribution is -0.136. The maximum absolute atomic E-state index is 12.6. The number of aryl methyl sites for hydroxylation is 1. The number of benzene rings is 1. The zero-order chi connectivity index (χ0) is 21.2. The van der Waals surface area contributed by atoms with E-state index >= 15 is 0 Å². The minimum atomic E-state index is 0. The second kappa shape index (κ2) is 13.9. The van der Waals surface area contributed by atoms with Gasteiger partial charge in [-0.1, -0.05) is 50.6 Å². The van der Waals surface area contributed by atoms with Gasteiger partial charge in [-0.25, -0.2) is 0 Å². The van der Waals surface area contributed by atoms with Gasteiger partial charge in [0.15, 0.2) is 5.96 Å². The number of amides is 1. The molecular weight excluding hydrogens is 487 g/mol. The number of nitrogens with zero attached hydrogens (tertiary/aromatic N) is 2. The number of hydrogen-bond acceptors (Lipinski definition) is 2. The first-order valence-electron chi connectivity index (χ1n) is 11.4. The third-order valence-electron chi connectivity index (χ3n) is 5.96. The molecule has 30 heavy (non-hydrogen) atoms. The number of guanidine groups is 1. The lowest BCUT2D eigenvalue weighted by Crippen LogP contribution is -2.50. The van der Waals surface area contributed by atoms with Gasteiger partial charge < -0.3 is 15.5 Å². The molecule has 1 aliphatic rings. The molecule has 1 unspecified atom stereocenters. The van der Waals surface area contributed by atoms with E-state index in [1.54, 1.807) is 0 Å². The van der Waals surface area contributed by atoms with Crippen LogP contribution < -0.4 is 10.6 Å². The maximum Gasteiger partial charge on any atom is 0.225 e. The van der Waals surface area contributed by atoms with E-state index in [2.05, 4.69) is 74.4 Å². The molecule has 1 heterocycles. The lowest BCUT2D eigenvalue weighted by Gasteiger charge is -2.35. The number of piperidine rings is 1. The number of likely N-dealkylation sites (tertiary alicyclic amines) is 1. The first-order chi connectivity index (χ1) is 14.0. The summed E-state index contributed by atoms with van der Waals surface area (Å²) in [6.07, 6.45) is 3.82. The van der Waals surface area contributed by atoms with Gasteiger partial charge in [-0.3, -0.25) is 9.79 Å². The predicted molar refractivity (Wildman–Crippen MR) is 138 cm³/mol. The number of hydrogen-bond donors (Lipinski definition) is 2. The lowest BCUT2D eigenvalue weighted by atomic mass is 9.98. The molecule has 1 aromatic carbocycles. The summed E-state index contributed by atoms with van der Waals surface area (Å²) < 4.78 is 0. The van der Waals surface area contributed by atoms with Crippen LogP contribution in [-0.2, 0) is 4.79 Å². The Balaban J connectivity index is 0.00000450.